The zero-order chi connectivity index (χ0) is 26.5. The number of benzene rings is 3. The van der Waals surface area contributed by atoms with Gasteiger partial charge in [0.15, 0.2) is 0 Å². The van der Waals surface area contributed by atoms with Crippen molar-refractivity contribution >= 4 is 53.8 Å². The maximum absolute atomic E-state index is 13.5. The van der Waals surface area contributed by atoms with Gasteiger partial charge in [-0.2, -0.15) is 0 Å². The molecule has 1 amide bonds. The summed E-state index contributed by atoms with van der Waals surface area (Å²) in [4.78, 5) is 24.8. The summed E-state index contributed by atoms with van der Waals surface area (Å²) < 4.78 is 18.9. The third kappa shape index (κ3) is 6.45. The second-order valence-electron chi connectivity index (χ2n) is 8.27. The van der Waals surface area contributed by atoms with Gasteiger partial charge in [-0.05, 0) is 55.3 Å². The van der Waals surface area contributed by atoms with Crippen molar-refractivity contribution in [1.82, 2.24) is 5.32 Å². The van der Waals surface area contributed by atoms with Gasteiger partial charge in [-0.3, -0.25) is 9.36 Å². The first-order valence-corrected chi connectivity index (χ1v) is 13.4. The highest BCUT2D eigenvalue weighted by atomic mass is 35.5. The molecule has 0 bridgehead atoms. The third-order valence-corrected chi connectivity index (χ3v) is 8.76. The van der Waals surface area contributed by atoms with Gasteiger partial charge in [0.2, 0.25) is 0 Å². The molecule has 0 heterocycles. The van der Waals surface area contributed by atoms with Gasteiger partial charge < -0.3 is 14.9 Å². The smallest absolute Gasteiger partial charge is 0.326 e. The average Bonchev–Trinajstić information content (AvgIpc) is 2.83. The van der Waals surface area contributed by atoms with Crippen LogP contribution >= 0.6 is 30.6 Å². The quantitative estimate of drug-likeness (QED) is 0.306. The molecule has 6 nitrogen and oxygen atoms in total. The third-order valence-electron chi connectivity index (χ3n) is 5.61. The van der Waals surface area contributed by atoms with Crippen LogP contribution in [0, 0.1) is 6.92 Å². The number of aryl methyl sites for hydroxylation is 1. The molecule has 3 aromatic carbocycles. The van der Waals surface area contributed by atoms with Crippen LogP contribution in [0.25, 0.3) is 6.08 Å². The van der Waals surface area contributed by atoms with Gasteiger partial charge in [0.05, 0.1) is 15.6 Å². The number of hydrogen-bond donors (Lipinski definition) is 2. The van der Waals surface area contributed by atoms with E-state index in [0.29, 0.717) is 16.2 Å². The zero-order valence-corrected chi connectivity index (χ0v) is 22.4. The summed E-state index contributed by atoms with van der Waals surface area (Å²) in [6.45, 7) is 3.59. The summed E-state index contributed by atoms with van der Waals surface area (Å²) in [5, 5.41) is 13.2. The molecule has 9 heteroatoms. The Balaban J connectivity index is 1.87. The molecule has 0 aliphatic heterocycles. The Morgan fingerprint density at radius 2 is 1.69 bits per heavy atom. The zero-order valence-electron chi connectivity index (χ0n) is 20.0. The van der Waals surface area contributed by atoms with Crippen molar-refractivity contribution in [2.45, 2.75) is 26.3 Å². The Kier molecular flexibility index (Phi) is 9.15. The summed E-state index contributed by atoms with van der Waals surface area (Å²) in [6, 6.07) is 18.1. The van der Waals surface area contributed by atoms with E-state index in [1.807, 2.05) is 31.2 Å². The van der Waals surface area contributed by atoms with Crippen molar-refractivity contribution in [3.8, 4) is 0 Å². The first kappa shape index (κ1) is 27.7. The van der Waals surface area contributed by atoms with Crippen molar-refractivity contribution in [3.05, 3.63) is 104 Å². The fourth-order valence-electron chi connectivity index (χ4n) is 3.80. The maximum atomic E-state index is 13.5. The highest BCUT2D eigenvalue weighted by molar-refractivity contribution is 7.71. The predicted molar refractivity (Wildman–Crippen MR) is 145 cm³/mol. The van der Waals surface area contributed by atoms with E-state index >= 15 is 0 Å². The topological polar surface area (TPSA) is 92.7 Å². The van der Waals surface area contributed by atoms with E-state index in [2.05, 4.69) is 5.32 Å². The fourth-order valence-corrected chi connectivity index (χ4v) is 6.27. The summed E-state index contributed by atoms with van der Waals surface area (Å²) >= 11 is 12.8. The van der Waals surface area contributed by atoms with Gasteiger partial charge in [0, 0.05) is 24.1 Å². The lowest BCUT2D eigenvalue weighted by Gasteiger charge is -2.18. The summed E-state index contributed by atoms with van der Waals surface area (Å²) in [6.07, 6.45) is 1.73. The molecule has 188 valence electrons. The number of rotatable bonds is 9. The molecule has 2 atom stereocenters. The number of nitrogens with one attached hydrogen (secondary N) is 1. The van der Waals surface area contributed by atoms with Crippen LogP contribution in [0.15, 0.2) is 72.0 Å². The van der Waals surface area contributed by atoms with Crippen LogP contribution in [-0.2, 0) is 20.3 Å². The highest BCUT2D eigenvalue weighted by Crippen LogP contribution is 2.53. The number of halogens is 2. The number of amides is 1. The highest BCUT2D eigenvalue weighted by Gasteiger charge is 2.27. The fraction of sp³-hybridized carbons (Fsp3) is 0.185. The van der Waals surface area contributed by atoms with Crippen LogP contribution in [0.3, 0.4) is 0 Å². The summed E-state index contributed by atoms with van der Waals surface area (Å²) in [7, 11) is -1.92. The molecule has 0 aliphatic carbocycles. The standard InChI is InChI=1S/C27H26Cl2NO5P/c1-17-8-7-9-19(12-17)16-24(27(32)33)30-26(31)25-22(28)14-20(15-23(25)29)13-18(2)36(34,35-3)21-10-5-4-6-11-21/h4-15,24H,16H2,1-3H3,(H,30,31)(H,32,33)/b18-13+/t24-,36?/m0/s1. The SMILES string of the molecule is COP(=O)(/C(C)=C/c1cc(Cl)c(C(=O)N[C@@H](Cc2cccc(C)c2)C(=O)O)c(Cl)c1)c1ccccc1. The summed E-state index contributed by atoms with van der Waals surface area (Å²) in [5.74, 6) is -1.88. The normalized spacial score (nSPS) is 14.1. The molecule has 0 spiro atoms. The van der Waals surface area contributed by atoms with Crippen LogP contribution in [0.5, 0.6) is 0 Å². The number of aliphatic carboxylic acids is 1. The Labute approximate surface area is 220 Å². The Morgan fingerprint density at radius 3 is 2.25 bits per heavy atom. The minimum Gasteiger partial charge on any atom is -0.480 e. The van der Waals surface area contributed by atoms with E-state index in [9.17, 15) is 19.3 Å². The van der Waals surface area contributed by atoms with Gasteiger partial charge in [-0.1, -0.05) is 71.2 Å². The van der Waals surface area contributed by atoms with E-state index in [1.165, 1.54) is 19.2 Å². The Hall–Kier alpha value is -2.89. The van der Waals surface area contributed by atoms with E-state index in [1.54, 1.807) is 43.3 Å². The first-order chi connectivity index (χ1) is 17.0. The molecule has 0 saturated heterocycles. The predicted octanol–water partition coefficient (Wildman–Crippen LogP) is 6.34. The molecule has 0 aliphatic rings. The molecular formula is C27H26Cl2NO5P. The van der Waals surface area contributed by atoms with Gasteiger partial charge in [-0.25, -0.2) is 4.79 Å². The first-order valence-electron chi connectivity index (χ1n) is 11.0. The van der Waals surface area contributed by atoms with Crippen molar-refractivity contribution in [2.75, 3.05) is 7.11 Å². The van der Waals surface area contributed by atoms with Crippen LogP contribution < -0.4 is 10.6 Å². The minimum absolute atomic E-state index is 0.0331. The molecule has 0 fully saturated rings. The number of carbonyl (C=O) groups is 2. The lowest BCUT2D eigenvalue weighted by molar-refractivity contribution is -0.139. The average molecular weight is 546 g/mol. The van der Waals surface area contributed by atoms with Gasteiger partial charge in [0.1, 0.15) is 6.04 Å². The number of carboxylic acids is 1. The minimum atomic E-state index is -3.31. The lowest BCUT2D eigenvalue weighted by atomic mass is 10.0. The van der Waals surface area contributed by atoms with Crippen molar-refractivity contribution in [2.24, 2.45) is 0 Å². The number of hydrogen-bond acceptors (Lipinski definition) is 4. The molecular weight excluding hydrogens is 520 g/mol. The van der Waals surface area contributed by atoms with E-state index in [0.717, 1.165) is 11.1 Å². The van der Waals surface area contributed by atoms with Crippen molar-refractivity contribution < 1.29 is 23.8 Å². The maximum Gasteiger partial charge on any atom is 0.326 e. The van der Waals surface area contributed by atoms with E-state index < -0.39 is 25.3 Å². The van der Waals surface area contributed by atoms with Crippen LogP contribution in [-0.4, -0.2) is 30.1 Å². The number of carbonyl (C=O) groups excluding carboxylic acids is 1. The van der Waals surface area contributed by atoms with E-state index in [4.69, 9.17) is 27.7 Å². The molecule has 0 aromatic heterocycles. The van der Waals surface area contributed by atoms with Gasteiger partial charge >= 0.3 is 5.97 Å². The van der Waals surface area contributed by atoms with Crippen LogP contribution in [0.1, 0.15) is 34.0 Å². The van der Waals surface area contributed by atoms with Crippen molar-refractivity contribution in [1.29, 1.82) is 0 Å². The van der Waals surface area contributed by atoms with E-state index in [-0.39, 0.29) is 22.0 Å². The Bertz CT molecular complexity index is 1330. The van der Waals surface area contributed by atoms with Gasteiger partial charge in [0.25, 0.3) is 13.3 Å². The van der Waals surface area contributed by atoms with Crippen LogP contribution in [0.4, 0.5) is 0 Å². The second-order valence-corrected chi connectivity index (χ2v) is 11.8. The monoisotopic (exact) mass is 545 g/mol. The molecule has 0 saturated carbocycles. The largest absolute Gasteiger partial charge is 0.480 e. The second kappa shape index (κ2) is 11.9. The number of carboxylic acid groups (broad SMARTS) is 1. The Morgan fingerprint density at radius 1 is 1.06 bits per heavy atom. The molecule has 36 heavy (non-hydrogen) atoms. The molecule has 0 radical (unpaired) electrons. The van der Waals surface area contributed by atoms with Crippen molar-refractivity contribution in [3.63, 3.8) is 0 Å². The number of allylic oxidation sites excluding steroid dienone is 1. The van der Waals surface area contributed by atoms with Crippen LogP contribution in [0.2, 0.25) is 10.0 Å². The summed E-state index contributed by atoms with van der Waals surface area (Å²) in [5.41, 5.74) is 2.23. The lowest BCUT2D eigenvalue weighted by Crippen LogP contribution is -2.42. The molecule has 3 aromatic rings. The molecule has 2 N–H and O–H groups in total. The van der Waals surface area contributed by atoms with Gasteiger partial charge in [-0.15, -0.1) is 0 Å². The molecule has 1 unspecified atom stereocenters. The molecule has 3 rings (SSSR count).